The summed E-state index contributed by atoms with van der Waals surface area (Å²) in [6.45, 7) is -0.646. The first-order valence-corrected chi connectivity index (χ1v) is 9.50. The van der Waals surface area contributed by atoms with Crippen molar-refractivity contribution in [3.63, 3.8) is 0 Å². The van der Waals surface area contributed by atoms with Gasteiger partial charge < -0.3 is 39.9 Å². The first-order valence-electron chi connectivity index (χ1n) is 9.50. The first kappa shape index (κ1) is 22.3. The molecule has 0 saturated carbocycles. The third-order valence-electron chi connectivity index (χ3n) is 5.29. The number of ether oxygens (including phenoxy) is 1. The molecule has 0 amide bonds. The predicted molar refractivity (Wildman–Crippen MR) is 105 cm³/mol. The average molecular weight is 456 g/mol. The van der Waals surface area contributed by atoms with Crippen LogP contribution in [0.25, 0.3) is 22.2 Å². The van der Waals surface area contributed by atoms with Crippen LogP contribution >= 0.6 is 0 Å². The SMILES string of the molecule is O=c1oc2cc(NC3[C@@H](O)OC(CO)[C@H](O)[C@H]3O)ccc2c(C(F)(F)F)c1-c1ccc[nH]1. The average Bonchev–Trinajstić information content (AvgIpc) is 3.26. The van der Waals surface area contributed by atoms with Crippen LogP contribution in [-0.4, -0.2) is 62.7 Å². The highest BCUT2D eigenvalue weighted by molar-refractivity contribution is 5.89. The molecule has 1 fully saturated rings. The number of fused-ring (bicyclic) bond motifs is 1. The number of alkyl halides is 3. The van der Waals surface area contributed by atoms with E-state index >= 15 is 0 Å². The van der Waals surface area contributed by atoms with Crippen LogP contribution in [0.4, 0.5) is 18.9 Å². The predicted octanol–water partition coefficient (Wildman–Crippen LogP) is 1.02. The summed E-state index contributed by atoms with van der Waals surface area (Å²) in [5, 5.41) is 41.7. The van der Waals surface area contributed by atoms with Gasteiger partial charge in [-0.1, -0.05) is 0 Å². The van der Waals surface area contributed by atoms with E-state index in [1.165, 1.54) is 24.4 Å². The maximum atomic E-state index is 13.9. The van der Waals surface area contributed by atoms with Crippen molar-refractivity contribution in [3.05, 3.63) is 52.5 Å². The van der Waals surface area contributed by atoms with Crippen LogP contribution in [0.3, 0.4) is 0 Å². The number of nitrogens with one attached hydrogen (secondary N) is 2. The smallest absolute Gasteiger partial charge is 0.418 e. The van der Waals surface area contributed by atoms with Crippen molar-refractivity contribution in [2.24, 2.45) is 0 Å². The molecular weight excluding hydrogens is 437 g/mol. The lowest BCUT2D eigenvalue weighted by atomic mass is 9.96. The molecule has 2 aromatic heterocycles. The molecule has 0 aliphatic carbocycles. The molecule has 3 heterocycles. The molecule has 5 atom stereocenters. The summed E-state index contributed by atoms with van der Waals surface area (Å²) in [5.74, 6) is 0. The summed E-state index contributed by atoms with van der Waals surface area (Å²) < 4.78 is 51.9. The molecule has 9 nitrogen and oxygen atoms in total. The zero-order chi connectivity index (χ0) is 23.2. The molecule has 12 heteroatoms. The molecule has 0 bridgehead atoms. The fraction of sp³-hybridized carbons (Fsp3) is 0.350. The quantitative estimate of drug-likeness (QED) is 0.319. The number of benzene rings is 1. The highest BCUT2D eigenvalue weighted by atomic mass is 19.4. The number of hydrogen-bond acceptors (Lipinski definition) is 8. The Morgan fingerprint density at radius 1 is 1.12 bits per heavy atom. The van der Waals surface area contributed by atoms with E-state index < -0.39 is 60.2 Å². The van der Waals surface area contributed by atoms with E-state index in [1.54, 1.807) is 0 Å². The van der Waals surface area contributed by atoms with Gasteiger partial charge >= 0.3 is 11.8 Å². The van der Waals surface area contributed by atoms with Crippen LogP contribution in [0.5, 0.6) is 0 Å². The fourth-order valence-corrected chi connectivity index (χ4v) is 3.76. The Labute approximate surface area is 177 Å². The Balaban J connectivity index is 1.76. The molecule has 4 rings (SSSR count). The van der Waals surface area contributed by atoms with Crippen molar-refractivity contribution < 1.29 is 42.8 Å². The maximum absolute atomic E-state index is 13.9. The van der Waals surface area contributed by atoms with Gasteiger partial charge in [0.25, 0.3) is 0 Å². The third-order valence-corrected chi connectivity index (χ3v) is 5.29. The zero-order valence-electron chi connectivity index (χ0n) is 16.2. The number of aliphatic hydroxyl groups excluding tert-OH is 4. The van der Waals surface area contributed by atoms with Crippen LogP contribution in [0, 0.1) is 0 Å². The highest BCUT2D eigenvalue weighted by Crippen LogP contribution is 2.40. The summed E-state index contributed by atoms with van der Waals surface area (Å²) in [7, 11) is 0. The Bertz CT molecular complexity index is 1160. The second kappa shape index (κ2) is 8.22. The van der Waals surface area contributed by atoms with Crippen molar-refractivity contribution >= 4 is 16.7 Å². The molecule has 0 radical (unpaired) electrons. The van der Waals surface area contributed by atoms with Crippen LogP contribution in [0.2, 0.25) is 0 Å². The van der Waals surface area contributed by atoms with Gasteiger partial charge in [-0.25, -0.2) is 4.79 Å². The molecule has 1 aliphatic rings. The number of aliphatic hydroxyl groups is 4. The lowest BCUT2D eigenvalue weighted by Gasteiger charge is -2.40. The van der Waals surface area contributed by atoms with Gasteiger partial charge in [0.05, 0.1) is 23.4 Å². The molecular formula is C20H19F3N2O7. The lowest BCUT2D eigenvalue weighted by Crippen LogP contribution is -2.61. The molecule has 1 aromatic carbocycles. The Hall–Kier alpha value is -2.90. The van der Waals surface area contributed by atoms with Crippen molar-refractivity contribution in [3.8, 4) is 11.3 Å². The minimum absolute atomic E-state index is 0.0480. The van der Waals surface area contributed by atoms with Crippen molar-refractivity contribution in [1.82, 2.24) is 4.98 Å². The van der Waals surface area contributed by atoms with E-state index in [0.29, 0.717) is 0 Å². The van der Waals surface area contributed by atoms with Crippen LogP contribution in [0.1, 0.15) is 5.56 Å². The number of H-pyrrole nitrogens is 1. The molecule has 2 unspecified atom stereocenters. The Morgan fingerprint density at radius 3 is 2.50 bits per heavy atom. The van der Waals surface area contributed by atoms with Crippen molar-refractivity contribution in [1.29, 1.82) is 0 Å². The van der Waals surface area contributed by atoms with E-state index in [2.05, 4.69) is 10.3 Å². The molecule has 1 aliphatic heterocycles. The van der Waals surface area contributed by atoms with Gasteiger partial charge in [0, 0.05) is 23.3 Å². The first-order chi connectivity index (χ1) is 15.1. The number of aromatic nitrogens is 1. The second-order valence-corrected chi connectivity index (χ2v) is 7.33. The normalized spacial score (nSPS) is 26.4. The van der Waals surface area contributed by atoms with E-state index in [-0.39, 0.29) is 22.4 Å². The van der Waals surface area contributed by atoms with Gasteiger partial charge in [0.1, 0.15) is 29.9 Å². The topological polar surface area (TPSA) is 148 Å². The minimum Gasteiger partial charge on any atom is -0.422 e. The van der Waals surface area contributed by atoms with Gasteiger partial charge in [0.2, 0.25) is 0 Å². The van der Waals surface area contributed by atoms with E-state index in [1.807, 2.05) is 0 Å². The summed E-state index contributed by atoms with van der Waals surface area (Å²) in [6.07, 6.45) is -9.44. The zero-order valence-corrected chi connectivity index (χ0v) is 16.2. The molecule has 1 saturated heterocycles. The van der Waals surface area contributed by atoms with Crippen LogP contribution in [0.15, 0.2) is 45.7 Å². The van der Waals surface area contributed by atoms with Gasteiger partial charge in [-0.3, -0.25) is 0 Å². The monoisotopic (exact) mass is 456 g/mol. The molecule has 32 heavy (non-hydrogen) atoms. The fourth-order valence-electron chi connectivity index (χ4n) is 3.76. The summed E-state index contributed by atoms with van der Waals surface area (Å²) >= 11 is 0. The lowest BCUT2D eigenvalue weighted by molar-refractivity contribution is -0.245. The summed E-state index contributed by atoms with van der Waals surface area (Å²) in [4.78, 5) is 15.0. The van der Waals surface area contributed by atoms with E-state index in [9.17, 15) is 33.3 Å². The summed E-state index contributed by atoms with van der Waals surface area (Å²) in [5.41, 5.74) is -3.36. The van der Waals surface area contributed by atoms with Crippen molar-refractivity contribution in [2.75, 3.05) is 11.9 Å². The van der Waals surface area contributed by atoms with Gasteiger partial charge in [-0.2, -0.15) is 13.2 Å². The van der Waals surface area contributed by atoms with E-state index in [0.717, 1.165) is 12.1 Å². The van der Waals surface area contributed by atoms with Crippen LogP contribution in [-0.2, 0) is 10.9 Å². The van der Waals surface area contributed by atoms with Crippen molar-refractivity contribution in [2.45, 2.75) is 36.8 Å². The van der Waals surface area contributed by atoms with Gasteiger partial charge in [-0.05, 0) is 24.3 Å². The molecule has 172 valence electrons. The maximum Gasteiger partial charge on any atom is 0.418 e. The highest BCUT2D eigenvalue weighted by Gasteiger charge is 2.44. The minimum atomic E-state index is -4.86. The van der Waals surface area contributed by atoms with Crippen LogP contribution < -0.4 is 10.9 Å². The number of rotatable bonds is 4. The van der Waals surface area contributed by atoms with Gasteiger partial charge in [-0.15, -0.1) is 0 Å². The molecule has 0 spiro atoms. The number of anilines is 1. The Kier molecular flexibility index (Phi) is 5.73. The molecule has 6 N–H and O–H groups in total. The Morgan fingerprint density at radius 2 is 1.88 bits per heavy atom. The molecule has 3 aromatic rings. The van der Waals surface area contributed by atoms with E-state index in [4.69, 9.17) is 14.3 Å². The standard InChI is InChI=1S/C20H19F3N2O7/c21-20(22,23)14-9-4-3-8(25-15-17(28)16(27)12(7-26)32-19(15)30)6-11(9)31-18(29)13(14)10-2-1-5-24-10/h1-6,12,15-17,19,24-28,30H,7H2/t12?,15?,16-,17-,19-/m0/s1. The number of hydrogen-bond donors (Lipinski definition) is 6. The number of aromatic amines is 1. The number of halogens is 3. The largest absolute Gasteiger partial charge is 0.422 e. The van der Waals surface area contributed by atoms with Gasteiger partial charge in [0.15, 0.2) is 6.29 Å². The summed E-state index contributed by atoms with van der Waals surface area (Å²) in [6, 6.07) is 4.92. The second-order valence-electron chi connectivity index (χ2n) is 7.33. The third kappa shape index (κ3) is 3.87.